The van der Waals surface area contributed by atoms with Crippen molar-refractivity contribution in [2.45, 2.75) is 12.8 Å². The lowest BCUT2D eigenvalue weighted by molar-refractivity contribution is -0.137. The van der Waals surface area contributed by atoms with Crippen LogP contribution in [0.4, 0.5) is 23.7 Å². The fraction of sp³-hybridized carbons (Fsp3) is 0.0909. The average molecular weight is 565 g/mol. The summed E-state index contributed by atoms with van der Waals surface area (Å²) in [5, 5.41) is 2.12. The first-order valence-electron chi connectivity index (χ1n) is 10.7. The molecule has 0 radical (unpaired) electrons. The van der Waals surface area contributed by atoms with E-state index in [-0.39, 0.29) is 38.7 Å². The van der Waals surface area contributed by atoms with E-state index in [9.17, 15) is 32.1 Å². The first-order chi connectivity index (χ1) is 18.3. The van der Waals surface area contributed by atoms with Gasteiger partial charge in [0.25, 0.3) is 5.56 Å². The molecule has 13 nitrogen and oxygen atoms in total. The molecule has 0 aliphatic carbocycles. The summed E-state index contributed by atoms with van der Waals surface area (Å²) in [4.78, 5) is 62.6. The number of oxazole rings is 1. The summed E-state index contributed by atoms with van der Waals surface area (Å²) >= 11 is 0. The highest BCUT2D eigenvalue weighted by Gasteiger charge is 2.35. The van der Waals surface area contributed by atoms with Crippen LogP contribution >= 0.6 is 7.60 Å². The molecule has 2 aromatic carbocycles. The molecule has 0 fully saturated rings. The molecular formula is C22H15F3N5O8P. The number of fused-ring (bicyclic) bond motifs is 3. The van der Waals surface area contributed by atoms with E-state index < -0.39 is 49.0 Å². The first kappa shape index (κ1) is 26.0. The number of carbonyl (C=O) groups excluding carboxylic acids is 1. The Morgan fingerprint density at radius 3 is 2.54 bits per heavy atom. The van der Waals surface area contributed by atoms with Crippen molar-refractivity contribution < 1.29 is 41.5 Å². The number of imidazole rings is 1. The number of aromatic nitrogens is 4. The van der Waals surface area contributed by atoms with Crippen LogP contribution in [0.2, 0.25) is 0 Å². The van der Waals surface area contributed by atoms with Crippen LogP contribution in [-0.4, -0.2) is 35.4 Å². The number of H-pyrrole nitrogens is 2. The van der Waals surface area contributed by atoms with Crippen LogP contribution in [0.25, 0.3) is 27.7 Å². The maximum absolute atomic E-state index is 13.9. The van der Waals surface area contributed by atoms with E-state index in [0.29, 0.717) is 6.07 Å². The minimum atomic E-state index is -4.84. The Labute approximate surface area is 213 Å². The SMILES string of the molecule is O=C(Nc1ccc(P(=O)(O)O)cc1)OCc1cn(-c2cc3c(cc2C(F)(F)F)[nH]c(=O)c2[nH]c(=O)oc23)cn1. The predicted octanol–water partition coefficient (Wildman–Crippen LogP) is 2.72. The zero-order valence-electron chi connectivity index (χ0n) is 19.1. The lowest BCUT2D eigenvalue weighted by Gasteiger charge is -2.14. The van der Waals surface area contributed by atoms with Gasteiger partial charge in [-0.05, 0) is 36.4 Å². The molecule has 0 bridgehead atoms. The minimum absolute atomic E-state index is 0.0293. The summed E-state index contributed by atoms with van der Waals surface area (Å²) in [5.41, 5.74) is -2.76. The van der Waals surface area contributed by atoms with Crippen LogP contribution < -0.4 is 21.9 Å². The maximum Gasteiger partial charge on any atom is 0.418 e. The van der Waals surface area contributed by atoms with Gasteiger partial charge in [0.15, 0.2) is 11.1 Å². The summed E-state index contributed by atoms with van der Waals surface area (Å²) in [5.74, 6) is -0.956. The van der Waals surface area contributed by atoms with Crippen molar-refractivity contribution in [2.24, 2.45) is 0 Å². The summed E-state index contributed by atoms with van der Waals surface area (Å²) in [7, 11) is -4.45. The van der Waals surface area contributed by atoms with Crippen LogP contribution in [0.15, 0.2) is 62.9 Å². The Morgan fingerprint density at radius 2 is 1.87 bits per heavy atom. The Morgan fingerprint density at radius 1 is 1.15 bits per heavy atom. The Balaban J connectivity index is 1.40. The van der Waals surface area contributed by atoms with Gasteiger partial charge < -0.3 is 28.5 Å². The van der Waals surface area contributed by atoms with Crippen LogP contribution in [0.1, 0.15) is 11.3 Å². The number of ether oxygens (including phenoxy) is 1. The van der Waals surface area contributed by atoms with Gasteiger partial charge >= 0.3 is 25.6 Å². The van der Waals surface area contributed by atoms with E-state index in [1.807, 2.05) is 0 Å². The Kier molecular flexibility index (Phi) is 6.17. The largest absolute Gasteiger partial charge is 0.443 e. The van der Waals surface area contributed by atoms with E-state index in [0.717, 1.165) is 29.1 Å². The van der Waals surface area contributed by atoms with E-state index in [1.165, 1.54) is 18.3 Å². The lowest BCUT2D eigenvalue weighted by atomic mass is 10.1. The molecule has 17 heteroatoms. The second-order valence-corrected chi connectivity index (χ2v) is 9.75. The number of nitrogens with zero attached hydrogens (tertiary/aromatic N) is 2. The molecule has 3 heterocycles. The van der Waals surface area contributed by atoms with Gasteiger partial charge in [-0.3, -0.25) is 19.7 Å². The normalized spacial score (nSPS) is 12.2. The van der Waals surface area contributed by atoms with E-state index in [2.05, 4.69) is 20.3 Å². The van der Waals surface area contributed by atoms with Gasteiger partial charge in [-0.25, -0.2) is 14.6 Å². The number of benzene rings is 2. The van der Waals surface area contributed by atoms with Crippen LogP contribution in [0.5, 0.6) is 0 Å². The zero-order valence-corrected chi connectivity index (χ0v) is 20.0. The van der Waals surface area contributed by atoms with Gasteiger partial charge in [-0.1, -0.05) is 0 Å². The smallest absolute Gasteiger partial charge is 0.418 e. The Bertz CT molecular complexity index is 1900. The third-order valence-corrected chi connectivity index (χ3v) is 6.50. The monoisotopic (exact) mass is 565 g/mol. The molecule has 0 saturated heterocycles. The zero-order chi connectivity index (χ0) is 28.1. The maximum atomic E-state index is 13.9. The molecule has 0 atom stereocenters. The molecule has 5 aromatic rings. The Hall–Kier alpha value is -4.66. The molecule has 202 valence electrons. The summed E-state index contributed by atoms with van der Waals surface area (Å²) in [6.45, 7) is -0.432. The van der Waals surface area contributed by atoms with Crippen molar-refractivity contribution >= 4 is 46.7 Å². The van der Waals surface area contributed by atoms with Crippen LogP contribution in [-0.2, 0) is 22.1 Å². The second-order valence-electron chi connectivity index (χ2n) is 8.15. The lowest BCUT2D eigenvalue weighted by Crippen LogP contribution is -2.14. The van der Waals surface area contributed by atoms with Gasteiger partial charge in [0.2, 0.25) is 0 Å². The first-order valence-corrected chi connectivity index (χ1v) is 12.3. The third-order valence-electron chi connectivity index (χ3n) is 5.53. The number of hydrogen-bond acceptors (Lipinski definition) is 7. The molecule has 0 aliphatic rings. The highest BCUT2D eigenvalue weighted by molar-refractivity contribution is 7.60. The van der Waals surface area contributed by atoms with Gasteiger partial charge in [0, 0.05) is 17.3 Å². The highest BCUT2D eigenvalue weighted by atomic mass is 31.2. The predicted molar refractivity (Wildman–Crippen MR) is 129 cm³/mol. The molecule has 5 rings (SSSR count). The fourth-order valence-corrected chi connectivity index (χ4v) is 4.32. The number of rotatable bonds is 5. The average Bonchev–Trinajstić information content (AvgIpc) is 3.48. The molecule has 0 saturated carbocycles. The molecule has 3 aromatic heterocycles. The van der Waals surface area contributed by atoms with Gasteiger partial charge in [0.05, 0.1) is 34.1 Å². The number of nitrogens with one attached hydrogen (secondary N) is 3. The number of pyridine rings is 1. The molecule has 1 amide bonds. The molecule has 0 aliphatic heterocycles. The third kappa shape index (κ3) is 5.20. The number of hydrogen-bond donors (Lipinski definition) is 5. The second kappa shape index (κ2) is 9.27. The number of carbonyl (C=O) groups is 1. The topological polar surface area (TPSA) is 193 Å². The molecule has 0 spiro atoms. The number of aromatic amines is 2. The van der Waals surface area contributed by atoms with Gasteiger partial charge in [-0.15, -0.1) is 0 Å². The fourth-order valence-electron chi connectivity index (χ4n) is 3.78. The minimum Gasteiger partial charge on any atom is -0.443 e. The van der Waals surface area contributed by atoms with Crippen molar-refractivity contribution in [3.8, 4) is 5.69 Å². The van der Waals surface area contributed by atoms with Crippen molar-refractivity contribution in [1.82, 2.24) is 19.5 Å². The molecule has 0 unspecified atom stereocenters. The number of anilines is 1. The van der Waals surface area contributed by atoms with Gasteiger partial charge in [0.1, 0.15) is 6.61 Å². The summed E-state index contributed by atoms with van der Waals surface area (Å²) in [6.07, 6.45) is -3.55. The van der Waals surface area contributed by atoms with Crippen molar-refractivity contribution in [3.05, 3.63) is 81.1 Å². The van der Waals surface area contributed by atoms with Crippen LogP contribution in [0.3, 0.4) is 0 Å². The number of alkyl halides is 3. The molecular weight excluding hydrogens is 550 g/mol. The van der Waals surface area contributed by atoms with Gasteiger partial charge in [-0.2, -0.15) is 13.2 Å². The van der Waals surface area contributed by atoms with E-state index in [1.54, 1.807) is 0 Å². The van der Waals surface area contributed by atoms with Crippen molar-refractivity contribution in [1.29, 1.82) is 0 Å². The quantitative estimate of drug-likeness (QED) is 0.199. The van der Waals surface area contributed by atoms with Crippen LogP contribution in [0, 0.1) is 0 Å². The van der Waals surface area contributed by atoms with E-state index in [4.69, 9.17) is 18.9 Å². The molecule has 5 N–H and O–H groups in total. The summed E-state index contributed by atoms with van der Waals surface area (Å²) in [6, 6.07) is 6.54. The van der Waals surface area contributed by atoms with Crippen molar-refractivity contribution in [2.75, 3.05) is 5.32 Å². The number of halogens is 3. The highest BCUT2D eigenvalue weighted by Crippen LogP contribution is 2.37. The summed E-state index contributed by atoms with van der Waals surface area (Å²) < 4.78 is 64.0. The van der Waals surface area contributed by atoms with E-state index >= 15 is 0 Å². The molecule has 39 heavy (non-hydrogen) atoms. The standard InChI is InChI=1S/C22H15F3N5O8P/c23-22(24,25)14-6-15-13(18-17(19(31)28-15)29-21(33)38-18)5-16(14)30-7-11(26-9-30)8-37-20(32)27-10-1-3-12(4-2-10)39(34,35)36/h1-7,9H,8H2,(H,27,32)(H,28,31)(H,29,33)(H2,34,35,36). The number of amides is 1. The van der Waals surface area contributed by atoms with Crippen molar-refractivity contribution in [3.63, 3.8) is 0 Å².